The highest BCUT2D eigenvalue weighted by atomic mass is 16.1. The van der Waals surface area contributed by atoms with Crippen LogP contribution in [0.1, 0.15) is 32.1 Å². The van der Waals surface area contributed by atoms with E-state index in [9.17, 15) is 4.79 Å². The smallest absolute Gasteiger partial charge is 0.221 e. The average Bonchev–Trinajstić information content (AvgIpc) is 2.55. The Balaban J connectivity index is 1.57. The predicted octanol–water partition coefficient (Wildman–Crippen LogP) is 0.339. The van der Waals surface area contributed by atoms with Gasteiger partial charge in [-0.05, 0) is 44.7 Å². The molecular formula is C13H23N3O. The predicted molar refractivity (Wildman–Crippen MR) is 66.7 cm³/mol. The number of amides is 1. The summed E-state index contributed by atoms with van der Waals surface area (Å²) in [6.45, 7) is 4.63. The zero-order valence-corrected chi connectivity index (χ0v) is 10.5. The second kappa shape index (κ2) is 4.94. The fourth-order valence-corrected chi connectivity index (χ4v) is 3.57. The zero-order valence-electron chi connectivity index (χ0n) is 10.5. The Bertz CT molecular complexity index is 286. The van der Waals surface area contributed by atoms with Gasteiger partial charge in [-0.15, -0.1) is 0 Å². The number of piperidine rings is 3. The van der Waals surface area contributed by atoms with Crippen LogP contribution in [-0.4, -0.2) is 49.1 Å². The molecule has 4 saturated heterocycles. The highest BCUT2D eigenvalue weighted by molar-refractivity contribution is 5.76. The quantitative estimate of drug-likeness (QED) is 0.728. The Labute approximate surface area is 103 Å². The summed E-state index contributed by atoms with van der Waals surface area (Å²) >= 11 is 0. The van der Waals surface area contributed by atoms with Crippen LogP contribution in [0.5, 0.6) is 0 Å². The van der Waals surface area contributed by atoms with Crippen molar-refractivity contribution in [3.63, 3.8) is 0 Å². The highest BCUT2D eigenvalue weighted by Gasteiger charge is 2.35. The number of hydrogen-bond donors (Lipinski definition) is 2. The molecule has 17 heavy (non-hydrogen) atoms. The van der Waals surface area contributed by atoms with Crippen molar-refractivity contribution in [1.29, 1.82) is 0 Å². The van der Waals surface area contributed by atoms with Gasteiger partial charge in [0.1, 0.15) is 0 Å². The normalized spacial score (nSPS) is 42.0. The van der Waals surface area contributed by atoms with E-state index in [-0.39, 0.29) is 5.91 Å². The molecule has 4 aliphatic heterocycles. The first-order chi connectivity index (χ1) is 8.31. The molecule has 4 aliphatic rings. The first-order valence-corrected chi connectivity index (χ1v) is 7.06. The summed E-state index contributed by atoms with van der Waals surface area (Å²) in [5.41, 5.74) is 0. The van der Waals surface area contributed by atoms with E-state index in [1.807, 2.05) is 0 Å². The molecule has 2 atom stereocenters. The third kappa shape index (κ3) is 2.63. The van der Waals surface area contributed by atoms with E-state index in [2.05, 4.69) is 15.5 Å². The van der Waals surface area contributed by atoms with Gasteiger partial charge >= 0.3 is 0 Å². The molecule has 0 aliphatic carbocycles. The van der Waals surface area contributed by atoms with Crippen molar-refractivity contribution >= 4 is 5.91 Å². The average molecular weight is 237 g/mol. The molecule has 96 valence electrons. The van der Waals surface area contributed by atoms with Gasteiger partial charge in [0.15, 0.2) is 0 Å². The van der Waals surface area contributed by atoms with E-state index < -0.39 is 0 Å². The first kappa shape index (κ1) is 11.5. The van der Waals surface area contributed by atoms with Gasteiger partial charge in [0.05, 0.1) is 0 Å². The molecule has 0 aromatic rings. The molecule has 0 aromatic carbocycles. The molecule has 2 bridgehead atoms. The molecule has 2 unspecified atom stereocenters. The summed E-state index contributed by atoms with van der Waals surface area (Å²) in [4.78, 5) is 14.1. The van der Waals surface area contributed by atoms with Crippen LogP contribution in [0, 0.1) is 5.92 Å². The largest absolute Gasteiger partial charge is 0.356 e. The second-order valence-electron chi connectivity index (χ2n) is 5.80. The minimum absolute atomic E-state index is 0.223. The molecule has 4 heterocycles. The molecule has 2 N–H and O–H groups in total. The lowest BCUT2D eigenvalue weighted by Gasteiger charge is -2.46. The summed E-state index contributed by atoms with van der Waals surface area (Å²) in [5, 5.41) is 6.71. The Morgan fingerprint density at radius 1 is 1.24 bits per heavy atom. The molecule has 0 saturated carbocycles. The standard InChI is InChI=1S/C13H23N3O/c17-13-8-11(2-1-5-14-13)15-12-9-16-6-3-10(12)4-7-16/h10-12,15H,1-9H2,(H,14,17). The SMILES string of the molecule is O=C1CC(NC2CN3CCC2CC3)CCCN1. The van der Waals surface area contributed by atoms with E-state index in [1.54, 1.807) is 0 Å². The third-order valence-electron chi connectivity index (χ3n) is 4.59. The zero-order chi connectivity index (χ0) is 11.7. The monoisotopic (exact) mass is 237 g/mol. The maximum Gasteiger partial charge on any atom is 0.221 e. The van der Waals surface area contributed by atoms with Crippen molar-refractivity contribution in [2.45, 2.75) is 44.2 Å². The summed E-state index contributed by atoms with van der Waals surface area (Å²) in [6, 6.07) is 1.04. The summed E-state index contributed by atoms with van der Waals surface area (Å²) in [5.74, 6) is 1.08. The van der Waals surface area contributed by atoms with Crippen molar-refractivity contribution in [2.24, 2.45) is 5.92 Å². The Morgan fingerprint density at radius 3 is 2.76 bits per heavy atom. The topological polar surface area (TPSA) is 44.4 Å². The van der Waals surface area contributed by atoms with Crippen LogP contribution in [0.25, 0.3) is 0 Å². The Morgan fingerprint density at radius 2 is 2.06 bits per heavy atom. The van der Waals surface area contributed by atoms with Crippen molar-refractivity contribution in [2.75, 3.05) is 26.2 Å². The van der Waals surface area contributed by atoms with Gasteiger partial charge in [-0.3, -0.25) is 4.79 Å². The number of hydrogen-bond acceptors (Lipinski definition) is 3. The van der Waals surface area contributed by atoms with Crippen LogP contribution >= 0.6 is 0 Å². The second-order valence-corrected chi connectivity index (χ2v) is 5.80. The maximum atomic E-state index is 11.5. The van der Waals surface area contributed by atoms with Crippen LogP contribution in [0.4, 0.5) is 0 Å². The molecule has 4 rings (SSSR count). The number of carbonyl (C=O) groups is 1. The van der Waals surface area contributed by atoms with Gasteiger partial charge in [0, 0.05) is 31.6 Å². The van der Waals surface area contributed by atoms with E-state index in [0.717, 1.165) is 25.3 Å². The number of carbonyl (C=O) groups excluding carboxylic acids is 1. The van der Waals surface area contributed by atoms with Crippen LogP contribution in [0.2, 0.25) is 0 Å². The summed E-state index contributed by atoms with van der Waals surface area (Å²) in [7, 11) is 0. The van der Waals surface area contributed by atoms with Crippen LogP contribution in [0.3, 0.4) is 0 Å². The van der Waals surface area contributed by atoms with Crippen molar-refractivity contribution in [1.82, 2.24) is 15.5 Å². The molecule has 0 aromatic heterocycles. The molecule has 0 radical (unpaired) electrons. The van der Waals surface area contributed by atoms with E-state index in [1.165, 1.54) is 32.5 Å². The summed E-state index contributed by atoms with van der Waals surface area (Å²) < 4.78 is 0. The number of fused-ring (bicyclic) bond motifs is 3. The lowest BCUT2D eigenvalue weighted by atomic mass is 9.83. The number of nitrogens with one attached hydrogen (secondary N) is 2. The fraction of sp³-hybridized carbons (Fsp3) is 0.923. The first-order valence-electron chi connectivity index (χ1n) is 7.06. The van der Waals surface area contributed by atoms with Gasteiger partial charge in [-0.2, -0.15) is 0 Å². The minimum atomic E-state index is 0.223. The lowest BCUT2D eigenvalue weighted by Crippen LogP contribution is -2.58. The Kier molecular flexibility index (Phi) is 3.34. The Hall–Kier alpha value is -0.610. The summed E-state index contributed by atoms with van der Waals surface area (Å²) in [6.07, 6.45) is 5.61. The van der Waals surface area contributed by atoms with Gasteiger partial charge in [-0.25, -0.2) is 0 Å². The van der Waals surface area contributed by atoms with E-state index >= 15 is 0 Å². The molecule has 4 nitrogen and oxygen atoms in total. The van der Waals surface area contributed by atoms with Gasteiger partial charge < -0.3 is 15.5 Å². The van der Waals surface area contributed by atoms with Crippen LogP contribution in [0.15, 0.2) is 0 Å². The van der Waals surface area contributed by atoms with Gasteiger partial charge in [0.25, 0.3) is 0 Å². The number of rotatable bonds is 2. The molecule has 0 spiro atoms. The van der Waals surface area contributed by atoms with Gasteiger partial charge in [-0.1, -0.05) is 0 Å². The molecule has 1 amide bonds. The maximum absolute atomic E-state index is 11.5. The van der Waals surface area contributed by atoms with Crippen molar-refractivity contribution in [3.05, 3.63) is 0 Å². The highest BCUT2D eigenvalue weighted by Crippen LogP contribution is 2.28. The van der Waals surface area contributed by atoms with Crippen LogP contribution in [-0.2, 0) is 4.79 Å². The fourth-order valence-electron chi connectivity index (χ4n) is 3.57. The van der Waals surface area contributed by atoms with Crippen LogP contribution < -0.4 is 10.6 Å². The lowest BCUT2D eigenvalue weighted by molar-refractivity contribution is -0.121. The third-order valence-corrected chi connectivity index (χ3v) is 4.59. The molecular weight excluding hydrogens is 214 g/mol. The van der Waals surface area contributed by atoms with Crippen molar-refractivity contribution in [3.8, 4) is 0 Å². The van der Waals surface area contributed by atoms with Crippen molar-refractivity contribution < 1.29 is 4.79 Å². The molecule has 4 heteroatoms. The number of nitrogens with zero attached hydrogens (tertiary/aromatic N) is 1. The van der Waals surface area contributed by atoms with E-state index in [4.69, 9.17) is 0 Å². The van der Waals surface area contributed by atoms with E-state index in [0.29, 0.717) is 18.5 Å². The minimum Gasteiger partial charge on any atom is -0.356 e. The molecule has 4 fully saturated rings. The van der Waals surface area contributed by atoms with Gasteiger partial charge in [0.2, 0.25) is 5.91 Å².